The van der Waals surface area contributed by atoms with Gasteiger partial charge in [-0.05, 0) is 47.8 Å². The van der Waals surface area contributed by atoms with Crippen molar-refractivity contribution in [2.45, 2.75) is 32.8 Å². The van der Waals surface area contributed by atoms with Gasteiger partial charge in [0.25, 0.3) is 5.91 Å². The Labute approximate surface area is 141 Å². The molecule has 3 atom stereocenters. The molecule has 3 aliphatic carbocycles. The normalized spacial score (nSPS) is 29.6. The molecule has 1 saturated carbocycles. The molecule has 1 aromatic rings. The van der Waals surface area contributed by atoms with Crippen LogP contribution in [0.5, 0.6) is 11.5 Å². The average molecular weight is 326 g/mol. The van der Waals surface area contributed by atoms with E-state index in [2.05, 4.69) is 30.5 Å². The van der Waals surface area contributed by atoms with E-state index in [1.165, 1.54) is 12.0 Å². The predicted octanol–water partition coefficient (Wildman–Crippen LogP) is 2.92. The topological polar surface area (TPSA) is 59.9 Å². The summed E-state index contributed by atoms with van der Waals surface area (Å²) >= 11 is 0. The van der Waals surface area contributed by atoms with Crippen molar-refractivity contribution in [1.82, 2.24) is 5.43 Å². The molecule has 2 bridgehead atoms. The zero-order valence-corrected chi connectivity index (χ0v) is 14.0. The number of ether oxygens (including phenoxy) is 2. The fraction of sp³-hybridized carbons (Fsp3) is 0.474. The predicted molar refractivity (Wildman–Crippen MR) is 91.1 cm³/mol. The van der Waals surface area contributed by atoms with E-state index >= 15 is 0 Å². The maximum absolute atomic E-state index is 12.2. The Morgan fingerprint density at radius 1 is 1.33 bits per heavy atom. The Hall–Kier alpha value is -2.30. The lowest BCUT2D eigenvalue weighted by atomic mass is 9.49. The van der Waals surface area contributed by atoms with E-state index in [0.29, 0.717) is 22.8 Å². The van der Waals surface area contributed by atoms with Gasteiger partial charge in [-0.25, -0.2) is 5.43 Å². The van der Waals surface area contributed by atoms with Crippen LogP contribution in [0.2, 0.25) is 0 Å². The van der Waals surface area contributed by atoms with Crippen molar-refractivity contribution in [2.75, 3.05) is 6.61 Å². The molecule has 0 saturated heterocycles. The number of amides is 1. The van der Waals surface area contributed by atoms with Gasteiger partial charge in [-0.1, -0.05) is 32.1 Å². The maximum atomic E-state index is 12.2. The molecule has 5 rings (SSSR count). The Morgan fingerprint density at radius 3 is 2.88 bits per heavy atom. The van der Waals surface area contributed by atoms with Gasteiger partial charge in [0.15, 0.2) is 11.5 Å². The molecule has 5 heteroatoms. The van der Waals surface area contributed by atoms with Gasteiger partial charge in [0.2, 0.25) is 6.10 Å². The molecule has 1 amide bonds. The SMILES string of the molecule is CC1(C)[C@H]2CC=C(C=NNC(=O)[C@@H]3COc4ccccc4O3)[C@H]1C2. The number of rotatable bonds is 3. The first-order chi connectivity index (χ1) is 11.6. The van der Waals surface area contributed by atoms with Crippen LogP contribution in [0.4, 0.5) is 0 Å². The number of allylic oxidation sites excluding steroid dienone is 2. The van der Waals surface area contributed by atoms with Crippen LogP contribution in [0.1, 0.15) is 26.7 Å². The van der Waals surface area contributed by atoms with Gasteiger partial charge in [0, 0.05) is 0 Å². The number of hydrogen-bond donors (Lipinski definition) is 1. The summed E-state index contributed by atoms with van der Waals surface area (Å²) in [5, 5.41) is 4.14. The number of para-hydroxylation sites is 2. The molecule has 1 heterocycles. The van der Waals surface area contributed by atoms with Crippen molar-refractivity contribution in [2.24, 2.45) is 22.4 Å². The van der Waals surface area contributed by atoms with E-state index in [4.69, 9.17) is 9.47 Å². The number of nitrogens with one attached hydrogen (secondary N) is 1. The van der Waals surface area contributed by atoms with E-state index in [1.807, 2.05) is 18.2 Å². The highest BCUT2D eigenvalue weighted by Crippen LogP contribution is 2.58. The van der Waals surface area contributed by atoms with Crippen LogP contribution in [-0.4, -0.2) is 24.8 Å². The highest BCUT2D eigenvalue weighted by molar-refractivity contribution is 5.85. The summed E-state index contributed by atoms with van der Waals surface area (Å²) in [5.41, 5.74) is 4.16. The molecule has 24 heavy (non-hydrogen) atoms. The highest BCUT2D eigenvalue weighted by atomic mass is 16.6. The number of carbonyl (C=O) groups excluding carboxylic acids is 1. The van der Waals surface area contributed by atoms with Crippen molar-refractivity contribution in [3.8, 4) is 11.5 Å². The molecule has 1 aliphatic heterocycles. The molecular formula is C19H22N2O3. The molecule has 5 nitrogen and oxygen atoms in total. The number of carbonyl (C=O) groups is 1. The van der Waals surface area contributed by atoms with Gasteiger partial charge in [0.05, 0.1) is 6.21 Å². The van der Waals surface area contributed by atoms with E-state index in [9.17, 15) is 4.79 Å². The van der Waals surface area contributed by atoms with Crippen LogP contribution >= 0.6 is 0 Å². The van der Waals surface area contributed by atoms with Crippen LogP contribution in [0.25, 0.3) is 0 Å². The fourth-order valence-corrected chi connectivity index (χ4v) is 3.94. The molecular weight excluding hydrogens is 304 g/mol. The molecule has 4 aliphatic rings. The number of hydrazone groups is 1. The summed E-state index contributed by atoms with van der Waals surface area (Å²) < 4.78 is 11.2. The number of hydrogen-bond acceptors (Lipinski definition) is 4. The van der Waals surface area contributed by atoms with Crippen LogP contribution in [0, 0.1) is 17.3 Å². The summed E-state index contributed by atoms with van der Waals surface area (Å²) in [6, 6.07) is 7.34. The minimum absolute atomic E-state index is 0.193. The van der Waals surface area contributed by atoms with E-state index in [-0.39, 0.29) is 12.5 Å². The van der Waals surface area contributed by atoms with Gasteiger partial charge < -0.3 is 9.47 Å². The van der Waals surface area contributed by atoms with Crippen molar-refractivity contribution in [3.63, 3.8) is 0 Å². The third-order valence-electron chi connectivity index (χ3n) is 5.70. The molecule has 0 unspecified atom stereocenters. The van der Waals surface area contributed by atoms with E-state index in [0.717, 1.165) is 12.3 Å². The van der Waals surface area contributed by atoms with Crippen molar-refractivity contribution >= 4 is 12.1 Å². The minimum Gasteiger partial charge on any atom is -0.485 e. The summed E-state index contributed by atoms with van der Waals surface area (Å²) in [7, 11) is 0. The second-order valence-electron chi connectivity index (χ2n) is 7.34. The van der Waals surface area contributed by atoms with Gasteiger partial charge >= 0.3 is 0 Å². The summed E-state index contributed by atoms with van der Waals surface area (Å²) in [5.74, 6) is 2.31. The minimum atomic E-state index is -0.679. The molecule has 1 N–H and O–H groups in total. The average Bonchev–Trinajstić information content (AvgIpc) is 2.61. The lowest BCUT2D eigenvalue weighted by molar-refractivity contribution is -0.130. The Balaban J connectivity index is 1.35. The van der Waals surface area contributed by atoms with E-state index in [1.54, 1.807) is 12.3 Å². The quantitative estimate of drug-likeness (QED) is 0.686. The first-order valence-electron chi connectivity index (χ1n) is 8.47. The van der Waals surface area contributed by atoms with Gasteiger partial charge in [-0.3, -0.25) is 4.79 Å². The second kappa shape index (κ2) is 5.65. The Bertz CT molecular complexity index is 723. The Kier molecular flexibility index (Phi) is 3.59. The monoisotopic (exact) mass is 326 g/mol. The zero-order chi connectivity index (χ0) is 16.7. The summed E-state index contributed by atoms with van der Waals surface area (Å²) in [4.78, 5) is 12.2. The molecule has 0 aromatic heterocycles. The van der Waals surface area contributed by atoms with Crippen LogP contribution < -0.4 is 14.9 Å². The van der Waals surface area contributed by atoms with E-state index < -0.39 is 6.10 Å². The fourth-order valence-electron chi connectivity index (χ4n) is 3.94. The van der Waals surface area contributed by atoms with Crippen LogP contribution in [-0.2, 0) is 4.79 Å². The third-order valence-corrected chi connectivity index (χ3v) is 5.70. The summed E-state index contributed by atoms with van der Waals surface area (Å²) in [6.45, 7) is 4.82. The number of benzene rings is 1. The standard InChI is InChI=1S/C19H22N2O3/c1-19(2)13-8-7-12(14(19)9-13)10-20-21-18(22)17-11-23-15-5-3-4-6-16(15)24-17/h3-7,10,13-14,17H,8-9,11H2,1-2H3,(H,21,22)/t13-,14+,17-/m0/s1. The zero-order valence-electron chi connectivity index (χ0n) is 14.0. The highest BCUT2D eigenvalue weighted by Gasteiger charge is 2.50. The van der Waals surface area contributed by atoms with Gasteiger partial charge in [0.1, 0.15) is 6.61 Å². The number of nitrogens with zero attached hydrogens (tertiary/aromatic N) is 1. The van der Waals surface area contributed by atoms with Crippen LogP contribution in [0.3, 0.4) is 0 Å². The maximum Gasteiger partial charge on any atom is 0.284 e. The second-order valence-corrected chi connectivity index (χ2v) is 7.34. The van der Waals surface area contributed by atoms with Crippen LogP contribution in [0.15, 0.2) is 41.0 Å². The Morgan fingerprint density at radius 2 is 2.12 bits per heavy atom. The lowest BCUT2D eigenvalue weighted by Crippen LogP contribution is -2.48. The van der Waals surface area contributed by atoms with Crippen molar-refractivity contribution in [3.05, 3.63) is 35.9 Å². The molecule has 0 radical (unpaired) electrons. The van der Waals surface area contributed by atoms with Gasteiger partial charge in [-0.2, -0.15) is 5.10 Å². The van der Waals surface area contributed by atoms with Crippen molar-refractivity contribution in [1.29, 1.82) is 0 Å². The molecule has 0 spiro atoms. The largest absolute Gasteiger partial charge is 0.485 e. The molecule has 1 aromatic carbocycles. The van der Waals surface area contributed by atoms with Crippen molar-refractivity contribution < 1.29 is 14.3 Å². The lowest BCUT2D eigenvalue weighted by Gasteiger charge is -2.55. The third kappa shape index (κ3) is 2.48. The first kappa shape index (κ1) is 15.2. The first-order valence-corrected chi connectivity index (χ1v) is 8.47. The summed E-state index contributed by atoms with van der Waals surface area (Å²) in [6.07, 6.45) is 5.69. The van der Waals surface area contributed by atoms with Gasteiger partial charge in [-0.15, -0.1) is 0 Å². The smallest absolute Gasteiger partial charge is 0.284 e. The molecule has 1 fully saturated rings. The molecule has 126 valence electrons. The number of fused-ring (bicyclic) bond motifs is 2.